The number of thiophene rings is 2. The number of primary amides is 1. The number of ether oxygens (including phenoxy) is 1. The highest BCUT2D eigenvalue weighted by atomic mass is 32.1. The Hall–Kier alpha value is -1.66. The van der Waals surface area contributed by atoms with E-state index in [0.717, 1.165) is 12.8 Å². The third-order valence-electron chi connectivity index (χ3n) is 2.51. The smallest absolute Gasteiger partial charge is 0.348 e. The predicted molar refractivity (Wildman–Crippen MR) is 75.8 cm³/mol. The predicted octanol–water partition coefficient (Wildman–Crippen LogP) is 2.70. The molecule has 0 saturated heterocycles. The number of hydrogen-bond acceptors (Lipinski definition) is 5. The monoisotopic (exact) mass is 295 g/mol. The Bertz CT molecular complexity index is 560. The lowest BCUT2D eigenvalue weighted by Gasteiger charge is -2.02. The van der Waals surface area contributed by atoms with Crippen LogP contribution in [0.25, 0.3) is 0 Å². The summed E-state index contributed by atoms with van der Waals surface area (Å²) in [5.74, 6) is -0.935. The second kappa shape index (κ2) is 6.49. The van der Waals surface area contributed by atoms with Crippen molar-refractivity contribution >= 4 is 34.6 Å². The molecule has 0 aliphatic rings. The molecule has 2 rings (SSSR count). The van der Waals surface area contributed by atoms with Gasteiger partial charge >= 0.3 is 5.97 Å². The second-order valence-electron chi connectivity index (χ2n) is 3.93. The molecule has 100 valence electrons. The first-order chi connectivity index (χ1) is 9.16. The minimum absolute atomic E-state index is 0.343. The normalized spacial score (nSPS) is 10.3. The second-order valence-corrected chi connectivity index (χ2v) is 5.63. The Kier molecular flexibility index (Phi) is 4.70. The third-order valence-corrected chi connectivity index (χ3v) is 4.15. The minimum Gasteiger partial charge on any atom is -0.461 e. The van der Waals surface area contributed by atoms with Crippen LogP contribution >= 0.6 is 22.7 Å². The first-order valence-electron chi connectivity index (χ1n) is 5.73. The molecule has 2 heterocycles. The van der Waals surface area contributed by atoms with Crippen molar-refractivity contribution in [2.24, 2.45) is 5.73 Å². The molecule has 4 nitrogen and oxygen atoms in total. The van der Waals surface area contributed by atoms with Gasteiger partial charge in [-0.05, 0) is 41.3 Å². The molecular weight excluding hydrogens is 282 g/mol. The number of carbonyl (C=O) groups is 2. The Balaban J connectivity index is 1.76. The lowest BCUT2D eigenvalue weighted by molar-refractivity contribution is 0.0506. The van der Waals surface area contributed by atoms with Crippen LogP contribution in [0.4, 0.5) is 0 Å². The topological polar surface area (TPSA) is 69.4 Å². The molecule has 0 unspecified atom stereocenters. The van der Waals surface area contributed by atoms with Crippen LogP contribution in [0.5, 0.6) is 0 Å². The largest absolute Gasteiger partial charge is 0.461 e. The van der Waals surface area contributed by atoms with Crippen LogP contribution in [-0.2, 0) is 11.2 Å². The van der Waals surface area contributed by atoms with Crippen molar-refractivity contribution in [2.75, 3.05) is 6.61 Å². The Morgan fingerprint density at radius 2 is 2.16 bits per heavy atom. The molecule has 0 aromatic carbocycles. The molecule has 19 heavy (non-hydrogen) atoms. The highest BCUT2D eigenvalue weighted by molar-refractivity contribution is 7.12. The zero-order chi connectivity index (χ0) is 13.7. The maximum Gasteiger partial charge on any atom is 0.348 e. The number of hydrogen-bond donors (Lipinski definition) is 1. The van der Waals surface area contributed by atoms with Crippen LogP contribution in [0, 0.1) is 0 Å². The molecule has 0 saturated carbocycles. The van der Waals surface area contributed by atoms with E-state index in [9.17, 15) is 9.59 Å². The van der Waals surface area contributed by atoms with E-state index in [1.54, 1.807) is 16.7 Å². The van der Waals surface area contributed by atoms with Gasteiger partial charge in [0.05, 0.1) is 12.2 Å². The summed E-state index contributed by atoms with van der Waals surface area (Å²) in [6.07, 6.45) is 1.68. The fourth-order valence-corrected chi connectivity index (χ4v) is 3.01. The van der Waals surface area contributed by atoms with Crippen LogP contribution in [-0.4, -0.2) is 18.5 Å². The lowest BCUT2D eigenvalue weighted by Crippen LogP contribution is -2.10. The zero-order valence-electron chi connectivity index (χ0n) is 10.1. The van der Waals surface area contributed by atoms with Gasteiger partial charge in [0.15, 0.2) is 0 Å². The number of esters is 1. The van der Waals surface area contributed by atoms with Crippen LogP contribution in [0.3, 0.4) is 0 Å². The van der Waals surface area contributed by atoms with Crippen molar-refractivity contribution in [1.29, 1.82) is 0 Å². The molecule has 6 heteroatoms. The van der Waals surface area contributed by atoms with Crippen molar-refractivity contribution in [3.05, 3.63) is 44.3 Å². The maximum atomic E-state index is 11.7. The summed E-state index contributed by atoms with van der Waals surface area (Å²) in [5, 5.41) is 5.67. The average molecular weight is 295 g/mol. The molecule has 2 N–H and O–H groups in total. The van der Waals surface area contributed by atoms with Gasteiger partial charge < -0.3 is 10.5 Å². The van der Waals surface area contributed by atoms with Crippen molar-refractivity contribution in [3.63, 3.8) is 0 Å². The van der Waals surface area contributed by atoms with E-state index in [2.05, 4.69) is 11.4 Å². The molecule has 0 radical (unpaired) electrons. The summed E-state index contributed by atoms with van der Waals surface area (Å²) < 4.78 is 5.14. The highest BCUT2D eigenvalue weighted by Gasteiger charge is 2.12. The number of rotatable bonds is 6. The lowest BCUT2D eigenvalue weighted by atomic mass is 10.2. The van der Waals surface area contributed by atoms with E-state index < -0.39 is 11.9 Å². The van der Waals surface area contributed by atoms with Gasteiger partial charge in [-0.1, -0.05) is 0 Å². The van der Waals surface area contributed by atoms with Gasteiger partial charge in [0, 0.05) is 5.38 Å². The van der Waals surface area contributed by atoms with E-state index in [4.69, 9.17) is 10.5 Å². The van der Waals surface area contributed by atoms with E-state index in [1.165, 1.54) is 23.0 Å². The number of nitrogens with two attached hydrogens (primary N) is 1. The molecule has 0 aliphatic heterocycles. The van der Waals surface area contributed by atoms with Crippen molar-refractivity contribution in [2.45, 2.75) is 12.8 Å². The van der Waals surface area contributed by atoms with Crippen LogP contribution < -0.4 is 5.73 Å². The summed E-state index contributed by atoms with van der Waals surface area (Å²) >= 11 is 2.82. The quantitative estimate of drug-likeness (QED) is 0.658. The maximum absolute atomic E-state index is 11.7. The Labute approximate surface area is 118 Å². The first kappa shape index (κ1) is 13.8. The van der Waals surface area contributed by atoms with E-state index in [0.29, 0.717) is 17.0 Å². The van der Waals surface area contributed by atoms with Gasteiger partial charge in [-0.2, -0.15) is 11.3 Å². The van der Waals surface area contributed by atoms with Crippen molar-refractivity contribution < 1.29 is 14.3 Å². The van der Waals surface area contributed by atoms with Gasteiger partial charge in [-0.25, -0.2) is 4.79 Å². The van der Waals surface area contributed by atoms with Crippen LogP contribution in [0.2, 0.25) is 0 Å². The minimum atomic E-state index is -0.534. The molecule has 0 spiro atoms. The fraction of sp³-hybridized carbons (Fsp3) is 0.231. The number of aryl methyl sites for hydroxylation is 1. The summed E-state index contributed by atoms with van der Waals surface area (Å²) in [6.45, 7) is 0.373. The molecule has 0 fully saturated rings. The fourth-order valence-electron chi connectivity index (χ4n) is 1.52. The molecule has 0 aliphatic carbocycles. The molecule has 1 amide bonds. The van der Waals surface area contributed by atoms with Crippen LogP contribution in [0.15, 0.2) is 28.3 Å². The van der Waals surface area contributed by atoms with E-state index >= 15 is 0 Å². The first-order valence-corrected chi connectivity index (χ1v) is 7.55. The zero-order valence-corrected chi connectivity index (χ0v) is 11.8. The summed E-state index contributed by atoms with van der Waals surface area (Å²) in [7, 11) is 0. The Morgan fingerprint density at radius 3 is 2.79 bits per heavy atom. The van der Waals surface area contributed by atoms with Crippen molar-refractivity contribution in [3.8, 4) is 0 Å². The molecule has 2 aromatic heterocycles. The highest BCUT2D eigenvalue weighted by Crippen LogP contribution is 2.16. The van der Waals surface area contributed by atoms with Gasteiger partial charge in [0.2, 0.25) is 5.91 Å². The summed E-state index contributed by atoms with van der Waals surface area (Å²) in [5.41, 5.74) is 6.72. The standard InChI is InChI=1S/C13H13NO3S2/c14-12(15)10-6-11(19-8-10)13(16)17-4-1-2-9-3-5-18-7-9/h3,5-8H,1-2,4H2,(H2,14,15). The van der Waals surface area contributed by atoms with E-state index in [-0.39, 0.29) is 0 Å². The molecule has 0 bridgehead atoms. The van der Waals surface area contributed by atoms with Gasteiger partial charge in [-0.15, -0.1) is 11.3 Å². The van der Waals surface area contributed by atoms with Crippen molar-refractivity contribution in [1.82, 2.24) is 0 Å². The third kappa shape index (κ3) is 3.90. The molecule has 0 atom stereocenters. The number of carbonyl (C=O) groups excluding carboxylic acids is 2. The average Bonchev–Trinajstić information content (AvgIpc) is 3.05. The van der Waals surface area contributed by atoms with Gasteiger partial charge in [-0.3, -0.25) is 4.79 Å². The van der Waals surface area contributed by atoms with E-state index in [1.807, 2.05) is 5.38 Å². The Morgan fingerprint density at radius 1 is 1.32 bits per heavy atom. The van der Waals surface area contributed by atoms with Gasteiger partial charge in [0.1, 0.15) is 4.88 Å². The summed E-state index contributed by atoms with van der Waals surface area (Å²) in [4.78, 5) is 23.0. The number of amides is 1. The summed E-state index contributed by atoms with van der Waals surface area (Å²) in [6, 6.07) is 3.53. The van der Waals surface area contributed by atoms with Gasteiger partial charge in [0.25, 0.3) is 0 Å². The SMILES string of the molecule is NC(=O)c1csc(C(=O)OCCCc2ccsc2)c1. The molecule has 2 aromatic rings. The molecular formula is C13H13NO3S2. The van der Waals surface area contributed by atoms with Crippen LogP contribution in [0.1, 0.15) is 32.0 Å².